The van der Waals surface area contributed by atoms with E-state index < -0.39 is 15.9 Å². The molecule has 0 saturated carbocycles. The fourth-order valence-electron chi connectivity index (χ4n) is 3.56. The molecule has 0 aromatic heterocycles. The van der Waals surface area contributed by atoms with Crippen LogP contribution in [0, 0.1) is 13.8 Å². The molecule has 33 heavy (non-hydrogen) atoms. The lowest BCUT2D eigenvalue weighted by Gasteiger charge is -2.27. The highest BCUT2D eigenvalue weighted by atomic mass is 32.2. The summed E-state index contributed by atoms with van der Waals surface area (Å²) < 4.78 is 27.3. The molecule has 0 atom stereocenters. The van der Waals surface area contributed by atoms with Gasteiger partial charge in [0.05, 0.1) is 10.6 Å². The predicted molar refractivity (Wildman–Crippen MR) is 125 cm³/mol. The second-order valence-electron chi connectivity index (χ2n) is 7.77. The molecule has 0 radical (unpaired) electrons. The Balaban J connectivity index is 1.85. The maximum absolute atomic E-state index is 13.0. The number of sulfonamides is 1. The van der Waals surface area contributed by atoms with Crippen molar-refractivity contribution in [3.8, 4) is 0 Å². The lowest BCUT2D eigenvalue weighted by atomic mass is 10.1. The van der Waals surface area contributed by atoms with Crippen molar-refractivity contribution in [2.75, 3.05) is 23.4 Å². The monoisotopic (exact) mass is 472 g/mol. The number of hydrogen-bond donors (Lipinski definition) is 2. The van der Waals surface area contributed by atoms with E-state index in [0.29, 0.717) is 30.0 Å². The molecule has 3 rings (SSSR count). The van der Waals surface area contributed by atoms with Crippen molar-refractivity contribution in [3.05, 3.63) is 53.1 Å². The van der Waals surface area contributed by atoms with E-state index in [-0.39, 0.29) is 29.6 Å². The second-order valence-corrected chi connectivity index (χ2v) is 9.71. The quantitative estimate of drug-likeness (QED) is 0.643. The number of hydrazine groups is 1. The van der Waals surface area contributed by atoms with E-state index >= 15 is 0 Å². The number of carbonyl (C=O) groups excluding carboxylic acids is 3. The molecular formula is C23H28N4O5S. The van der Waals surface area contributed by atoms with E-state index in [1.165, 1.54) is 27.5 Å². The molecule has 9 nitrogen and oxygen atoms in total. The van der Waals surface area contributed by atoms with Crippen LogP contribution < -0.4 is 15.8 Å². The molecule has 3 amide bonds. The van der Waals surface area contributed by atoms with Crippen molar-refractivity contribution in [1.82, 2.24) is 9.73 Å². The first-order chi connectivity index (χ1) is 15.6. The zero-order valence-corrected chi connectivity index (χ0v) is 20.0. The lowest BCUT2D eigenvalue weighted by Crippen LogP contribution is -2.50. The van der Waals surface area contributed by atoms with Gasteiger partial charge in [-0.25, -0.2) is 13.4 Å². The molecule has 1 fully saturated rings. The summed E-state index contributed by atoms with van der Waals surface area (Å²) in [6, 6.07) is 9.30. The third-order valence-electron chi connectivity index (χ3n) is 5.67. The maximum Gasteiger partial charge on any atom is 0.255 e. The average molecular weight is 473 g/mol. The number of nitrogens with zero attached hydrogens (tertiary/aromatic N) is 2. The van der Waals surface area contributed by atoms with E-state index in [1.54, 1.807) is 39.0 Å². The van der Waals surface area contributed by atoms with Gasteiger partial charge in [-0.3, -0.25) is 19.8 Å². The van der Waals surface area contributed by atoms with Gasteiger partial charge in [0.25, 0.3) is 5.91 Å². The van der Waals surface area contributed by atoms with Gasteiger partial charge < -0.3 is 5.32 Å². The molecule has 1 heterocycles. The molecule has 0 bridgehead atoms. The van der Waals surface area contributed by atoms with E-state index in [9.17, 15) is 22.8 Å². The van der Waals surface area contributed by atoms with Gasteiger partial charge in [0.2, 0.25) is 21.8 Å². The zero-order valence-electron chi connectivity index (χ0n) is 19.1. The van der Waals surface area contributed by atoms with Gasteiger partial charge in [0.15, 0.2) is 0 Å². The van der Waals surface area contributed by atoms with Gasteiger partial charge in [0.1, 0.15) is 0 Å². The van der Waals surface area contributed by atoms with Gasteiger partial charge in [-0.15, -0.1) is 0 Å². The highest BCUT2D eigenvalue weighted by molar-refractivity contribution is 7.89. The smallest absolute Gasteiger partial charge is 0.255 e. The average Bonchev–Trinajstić information content (AvgIpc) is 2.79. The largest absolute Gasteiger partial charge is 0.322 e. The highest BCUT2D eigenvalue weighted by Gasteiger charge is 2.25. The van der Waals surface area contributed by atoms with Crippen molar-refractivity contribution in [3.63, 3.8) is 0 Å². The first-order valence-electron chi connectivity index (χ1n) is 10.7. The molecule has 2 aromatic rings. The second kappa shape index (κ2) is 9.72. The fourth-order valence-corrected chi connectivity index (χ4v) is 5.13. The Morgan fingerprint density at radius 1 is 1.06 bits per heavy atom. The Kier molecular flexibility index (Phi) is 7.19. The lowest BCUT2D eigenvalue weighted by molar-refractivity contribution is -0.130. The molecule has 1 aliphatic rings. The van der Waals surface area contributed by atoms with Gasteiger partial charge in [0, 0.05) is 37.2 Å². The standard InChI is InChI=1S/C23H28N4O5S/c1-5-26(6-2)33(31,32)19-13-15(3)16(4)20(14-19)24-23(30)17-7-9-18(10-8-17)27-22(29)12-11-21(28)25-27/h7-10,13-14H,5-6,11-12H2,1-4H3,(H,24,30)(H,25,28). The van der Waals surface area contributed by atoms with E-state index in [4.69, 9.17) is 0 Å². The van der Waals surface area contributed by atoms with Crippen molar-refractivity contribution >= 4 is 39.1 Å². The Hall–Kier alpha value is -3.24. The number of carbonyl (C=O) groups is 3. The SMILES string of the molecule is CCN(CC)S(=O)(=O)c1cc(C)c(C)c(NC(=O)c2ccc(N3NC(=O)CCC3=O)cc2)c1. The predicted octanol–water partition coefficient (Wildman–Crippen LogP) is 2.74. The number of amides is 3. The van der Waals surface area contributed by atoms with Crippen LogP contribution in [0.2, 0.25) is 0 Å². The van der Waals surface area contributed by atoms with Crippen LogP contribution >= 0.6 is 0 Å². The summed E-state index contributed by atoms with van der Waals surface area (Å²) in [5.74, 6) is -0.901. The maximum atomic E-state index is 13.0. The van der Waals surface area contributed by atoms with Gasteiger partial charge in [-0.2, -0.15) is 4.31 Å². The molecule has 0 unspecified atom stereocenters. The first-order valence-corrected chi connectivity index (χ1v) is 12.2. The summed E-state index contributed by atoms with van der Waals surface area (Å²) in [6.07, 6.45) is 0.275. The Bertz CT molecular complexity index is 1190. The van der Waals surface area contributed by atoms with Crippen LogP contribution in [0.1, 0.15) is 48.2 Å². The number of aryl methyl sites for hydroxylation is 1. The number of nitrogens with one attached hydrogen (secondary N) is 2. The molecule has 1 aliphatic heterocycles. The minimum Gasteiger partial charge on any atom is -0.322 e. The summed E-state index contributed by atoms with van der Waals surface area (Å²) in [7, 11) is -3.68. The number of benzene rings is 2. The third-order valence-corrected chi connectivity index (χ3v) is 7.70. The molecule has 2 aromatic carbocycles. The van der Waals surface area contributed by atoms with Crippen LogP contribution in [-0.4, -0.2) is 43.5 Å². The minimum absolute atomic E-state index is 0.124. The minimum atomic E-state index is -3.68. The Labute approximate surface area is 193 Å². The van der Waals surface area contributed by atoms with Crippen molar-refractivity contribution < 1.29 is 22.8 Å². The molecule has 10 heteroatoms. The van der Waals surface area contributed by atoms with Crippen LogP contribution in [0.15, 0.2) is 41.3 Å². The van der Waals surface area contributed by atoms with Crippen LogP contribution in [0.5, 0.6) is 0 Å². The van der Waals surface area contributed by atoms with Crippen LogP contribution in [-0.2, 0) is 19.6 Å². The molecular weight excluding hydrogens is 444 g/mol. The zero-order chi connectivity index (χ0) is 24.3. The molecule has 2 N–H and O–H groups in total. The van der Waals surface area contributed by atoms with E-state index in [0.717, 1.165) is 11.1 Å². The van der Waals surface area contributed by atoms with Crippen molar-refractivity contribution in [1.29, 1.82) is 0 Å². The van der Waals surface area contributed by atoms with Gasteiger partial charge >= 0.3 is 0 Å². The van der Waals surface area contributed by atoms with E-state index in [1.807, 2.05) is 6.92 Å². The van der Waals surface area contributed by atoms with Crippen LogP contribution in [0.25, 0.3) is 0 Å². The fraction of sp³-hybridized carbons (Fsp3) is 0.348. The summed E-state index contributed by atoms with van der Waals surface area (Å²) >= 11 is 0. The summed E-state index contributed by atoms with van der Waals surface area (Å²) in [5.41, 5.74) is 5.20. The van der Waals surface area contributed by atoms with Crippen molar-refractivity contribution in [2.45, 2.75) is 45.4 Å². The van der Waals surface area contributed by atoms with Gasteiger partial charge in [-0.1, -0.05) is 13.8 Å². The highest BCUT2D eigenvalue weighted by Crippen LogP contribution is 2.27. The Morgan fingerprint density at radius 2 is 1.70 bits per heavy atom. The first kappa shape index (κ1) is 24.4. The number of hydrogen-bond acceptors (Lipinski definition) is 5. The number of anilines is 2. The molecule has 176 valence electrons. The topological polar surface area (TPSA) is 116 Å². The van der Waals surface area contributed by atoms with Gasteiger partial charge in [-0.05, 0) is 61.4 Å². The van der Waals surface area contributed by atoms with E-state index in [2.05, 4.69) is 10.7 Å². The summed E-state index contributed by atoms with van der Waals surface area (Å²) in [4.78, 5) is 36.6. The number of rotatable bonds is 7. The third kappa shape index (κ3) is 5.07. The molecule has 1 saturated heterocycles. The Morgan fingerprint density at radius 3 is 2.30 bits per heavy atom. The summed E-state index contributed by atoms with van der Waals surface area (Å²) in [6.45, 7) is 7.85. The van der Waals surface area contributed by atoms with Crippen molar-refractivity contribution in [2.24, 2.45) is 0 Å². The molecule has 0 aliphatic carbocycles. The van der Waals surface area contributed by atoms with Crippen LogP contribution in [0.3, 0.4) is 0 Å². The normalized spacial score (nSPS) is 14.4. The summed E-state index contributed by atoms with van der Waals surface area (Å²) in [5, 5.41) is 3.97. The molecule has 0 spiro atoms. The van der Waals surface area contributed by atoms with Crippen LogP contribution in [0.4, 0.5) is 11.4 Å².